The van der Waals surface area contributed by atoms with Gasteiger partial charge in [0.1, 0.15) is 5.69 Å². The summed E-state index contributed by atoms with van der Waals surface area (Å²) in [4.78, 5) is 21.7. The lowest BCUT2D eigenvalue weighted by Gasteiger charge is -2.34. The number of carbonyl (C=O) groups is 1. The van der Waals surface area contributed by atoms with Crippen molar-refractivity contribution in [2.24, 2.45) is 7.05 Å². The predicted molar refractivity (Wildman–Crippen MR) is 103 cm³/mol. The molecule has 130 valence electrons. The molecule has 0 saturated carbocycles. The zero-order valence-corrected chi connectivity index (χ0v) is 16.5. The van der Waals surface area contributed by atoms with Crippen LogP contribution in [0.15, 0.2) is 28.9 Å². The molecule has 2 aromatic heterocycles. The van der Waals surface area contributed by atoms with E-state index in [0.29, 0.717) is 18.8 Å². The average Bonchev–Trinajstić information content (AvgIpc) is 3.17. The van der Waals surface area contributed by atoms with Crippen molar-refractivity contribution < 1.29 is 4.79 Å². The van der Waals surface area contributed by atoms with Gasteiger partial charge in [-0.2, -0.15) is 5.10 Å². The van der Waals surface area contributed by atoms with E-state index in [-0.39, 0.29) is 5.91 Å². The molecule has 0 N–H and O–H groups in total. The Labute approximate surface area is 158 Å². The van der Waals surface area contributed by atoms with Crippen LogP contribution in [0.25, 0.3) is 10.2 Å². The van der Waals surface area contributed by atoms with Crippen LogP contribution in [0.2, 0.25) is 0 Å². The second-order valence-electron chi connectivity index (χ2n) is 6.19. The van der Waals surface area contributed by atoms with Crippen LogP contribution in [0.4, 0.5) is 5.13 Å². The third-order valence-electron chi connectivity index (χ3n) is 4.50. The summed E-state index contributed by atoms with van der Waals surface area (Å²) in [7, 11) is 1.82. The highest BCUT2D eigenvalue weighted by molar-refractivity contribution is 9.10. The molecular formula is C17H18BrN5OS. The number of anilines is 1. The average molecular weight is 420 g/mol. The monoisotopic (exact) mass is 419 g/mol. The van der Waals surface area contributed by atoms with Crippen molar-refractivity contribution >= 4 is 48.5 Å². The number of hydrogen-bond donors (Lipinski definition) is 0. The van der Waals surface area contributed by atoms with E-state index < -0.39 is 0 Å². The van der Waals surface area contributed by atoms with Gasteiger partial charge in [0.25, 0.3) is 5.91 Å². The van der Waals surface area contributed by atoms with Gasteiger partial charge in [0.2, 0.25) is 0 Å². The molecule has 1 fully saturated rings. The zero-order chi connectivity index (χ0) is 17.6. The van der Waals surface area contributed by atoms with Crippen molar-refractivity contribution in [3.05, 3.63) is 40.1 Å². The van der Waals surface area contributed by atoms with E-state index in [1.807, 2.05) is 31.0 Å². The molecule has 1 amide bonds. The first-order valence-corrected chi connectivity index (χ1v) is 9.73. The Balaban J connectivity index is 1.48. The molecule has 0 atom stereocenters. The van der Waals surface area contributed by atoms with Crippen LogP contribution in [0.5, 0.6) is 0 Å². The number of thiazole rings is 1. The fraction of sp³-hybridized carbons (Fsp3) is 0.353. The third kappa shape index (κ3) is 3.04. The van der Waals surface area contributed by atoms with Gasteiger partial charge in [-0.1, -0.05) is 27.3 Å². The standard InChI is InChI=1S/C17H18BrN5OS/c1-11-10-19-21(2)15(11)16(24)22-5-7-23(8-6-22)17-20-13-4-3-12(18)9-14(13)25-17/h3-4,9-10H,5-8H2,1-2H3. The maximum atomic E-state index is 12.8. The minimum Gasteiger partial charge on any atom is -0.345 e. The lowest BCUT2D eigenvalue weighted by atomic mass is 10.2. The number of hydrogen-bond acceptors (Lipinski definition) is 5. The fourth-order valence-electron chi connectivity index (χ4n) is 3.13. The SMILES string of the molecule is Cc1cnn(C)c1C(=O)N1CCN(c2nc3ccc(Br)cc3s2)CC1. The van der Waals surface area contributed by atoms with Crippen LogP contribution >= 0.6 is 27.3 Å². The minimum atomic E-state index is 0.0605. The molecule has 3 aromatic rings. The maximum Gasteiger partial charge on any atom is 0.272 e. The topological polar surface area (TPSA) is 54.3 Å². The number of aromatic nitrogens is 3. The van der Waals surface area contributed by atoms with Gasteiger partial charge in [-0.25, -0.2) is 4.98 Å². The second kappa shape index (κ2) is 6.42. The molecule has 0 radical (unpaired) electrons. The Kier molecular flexibility index (Phi) is 4.24. The summed E-state index contributed by atoms with van der Waals surface area (Å²) in [5.41, 5.74) is 2.62. The van der Waals surface area contributed by atoms with Crippen LogP contribution < -0.4 is 4.90 Å². The van der Waals surface area contributed by atoms with Crippen LogP contribution in [0.1, 0.15) is 16.1 Å². The number of fused-ring (bicyclic) bond motifs is 1. The van der Waals surface area contributed by atoms with Crippen molar-refractivity contribution in [3.63, 3.8) is 0 Å². The van der Waals surface area contributed by atoms with E-state index in [9.17, 15) is 4.79 Å². The number of benzene rings is 1. The van der Waals surface area contributed by atoms with Crippen LogP contribution in [-0.4, -0.2) is 51.8 Å². The Bertz CT molecular complexity index is 922. The molecule has 0 spiro atoms. The molecule has 8 heteroatoms. The summed E-state index contributed by atoms with van der Waals surface area (Å²) >= 11 is 5.20. The highest BCUT2D eigenvalue weighted by atomic mass is 79.9. The molecule has 1 aromatic carbocycles. The third-order valence-corrected chi connectivity index (χ3v) is 6.07. The number of rotatable bonds is 2. The summed E-state index contributed by atoms with van der Waals surface area (Å²) in [6, 6.07) is 6.14. The number of nitrogens with zero attached hydrogens (tertiary/aromatic N) is 5. The molecule has 1 saturated heterocycles. The van der Waals surface area contributed by atoms with Crippen molar-refractivity contribution in [1.29, 1.82) is 0 Å². The van der Waals surface area contributed by atoms with Crippen LogP contribution in [0, 0.1) is 6.92 Å². The molecule has 0 unspecified atom stereocenters. The van der Waals surface area contributed by atoms with E-state index in [1.165, 1.54) is 4.70 Å². The first-order chi connectivity index (χ1) is 12.0. The first kappa shape index (κ1) is 16.5. The molecule has 25 heavy (non-hydrogen) atoms. The van der Waals surface area contributed by atoms with Gasteiger partial charge in [-0.05, 0) is 30.7 Å². The van der Waals surface area contributed by atoms with E-state index >= 15 is 0 Å². The van der Waals surface area contributed by atoms with Crippen molar-refractivity contribution in [2.75, 3.05) is 31.1 Å². The second-order valence-corrected chi connectivity index (χ2v) is 8.11. The summed E-state index contributed by atoms with van der Waals surface area (Å²) in [6.45, 7) is 4.91. The minimum absolute atomic E-state index is 0.0605. The quantitative estimate of drug-likeness (QED) is 0.640. The lowest BCUT2D eigenvalue weighted by molar-refractivity contribution is 0.0735. The van der Waals surface area contributed by atoms with Crippen molar-refractivity contribution in [1.82, 2.24) is 19.7 Å². The molecule has 1 aliphatic rings. The molecule has 3 heterocycles. The Morgan fingerprint density at radius 3 is 2.68 bits per heavy atom. The van der Waals surface area contributed by atoms with E-state index in [0.717, 1.165) is 33.8 Å². The van der Waals surface area contributed by atoms with E-state index in [1.54, 1.807) is 22.2 Å². The van der Waals surface area contributed by atoms with Crippen molar-refractivity contribution in [3.8, 4) is 0 Å². The van der Waals surface area contributed by atoms with Gasteiger partial charge >= 0.3 is 0 Å². The highest BCUT2D eigenvalue weighted by Crippen LogP contribution is 2.31. The summed E-state index contributed by atoms with van der Waals surface area (Å²) in [5.74, 6) is 0.0605. The number of amides is 1. The number of carbonyl (C=O) groups excluding carboxylic acids is 1. The number of piperazine rings is 1. The van der Waals surface area contributed by atoms with Gasteiger partial charge in [-0.15, -0.1) is 0 Å². The predicted octanol–water partition coefficient (Wildman–Crippen LogP) is 3.06. The Morgan fingerprint density at radius 2 is 2.00 bits per heavy atom. The number of aryl methyl sites for hydroxylation is 2. The summed E-state index contributed by atoms with van der Waals surface area (Å²) in [5, 5.41) is 5.20. The van der Waals surface area contributed by atoms with Crippen molar-refractivity contribution in [2.45, 2.75) is 6.92 Å². The zero-order valence-electron chi connectivity index (χ0n) is 14.1. The van der Waals surface area contributed by atoms with Gasteiger partial charge in [0.05, 0.1) is 16.4 Å². The fourth-order valence-corrected chi connectivity index (χ4v) is 4.70. The lowest BCUT2D eigenvalue weighted by Crippen LogP contribution is -2.49. The van der Waals surface area contributed by atoms with Gasteiger partial charge in [-0.3, -0.25) is 9.48 Å². The van der Waals surface area contributed by atoms with Crippen LogP contribution in [0.3, 0.4) is 0 Å². The molecule has 0 aliphatic carbocycles. The smallest absolute Gasteiger partial charge is 0.272 e. The normalized spacial score (nSPS) is 15.2. The Morgan fingerprint density at radius 1 is 1.24 bits per heavy atom. The van der Waals surface area contributed by atoms with Gasteiger partial charge in [0.15, 0.2) is 5.13 Å². The molecule has 4 rings (SSSR count). The van der Waals surface area contributed by atoms with Gasteiger partial charge in [0, 0.05) is 37.7 Å². The first-order valence-electron chi connectivity index (χ1n) is 8.12. The molecule has 0 bridgehead atoms. The highest BCUT2D eigenvalue weighted by Gasteiger charge is 2.26. The molecule has 1 aliphatic heterocycles. The largest absolute Gasteiger partial charge is 0.345 e. The van der Waals surface area contributed by atoms with E-state index in [2.05, 4.69) is 32.0 Å². The molecular weight excluding hydrogens is 402 g/mol. The Hall–Kier alpha value is -1.93. The van der Waals surface area contributed by atoms with Crippen LogP contribution in [-0.2, 0) is 7.05 Å². The maximum absolute atomic E-state index is 12.8. The van der Waals surface area contributed by atoms with Gasteiger partial charge < -0.3 is 9.80 Å². The number of halogens is 1. The summed E-state index contributed by atoms with van der Waals surface area (Å²) < 4.78 is 3.90. The van der Waals surface area contributed by atoms with E-state index in [4.69, 9.17) is 4.98 Å². The molecule has 6 nitrogen and oxygen atoms in total. The summed E-state index contributed by atoms with van der Waals surface area (Å²) in [6.07, 6.45) is 1.74.